The van der Waals surface area contributed by atoms with Gasteiger partial charge < -0.3 is 19.5 Å². The van der Waals surface area contributed by atoms with Gasteiger partial charge >= 0.3 is 10.2 Å². The second-order valence-electron chi connectivity index (χ2n) is 6.36. The Morgan fingerprint density at radius 3 is 2.79 bits per heavy atom. The molecule has 1 atom stereocenters. The van der Waals surface area contributed by atoms with E-state index in [2.05, 4.69) is 9.71 Å². The van der Waals surface area contributed by atoms with Gasteiger partial charge in [0.25, 0.3) is 5.91 Å². The molecule has 3 rings (SSSR count). The van der Waals surface area contributed by atoms with Crippen LogP contribution in [0.1, 0.15) is 18.4 Å². The highest BCUT2D eigenvalue weighted by Crippen LogP contribution is 2.28. The molecule has 1 aromatic rings. The van der Waals surface area contributed by atoms with Gasteiger partial charge in [0.15, 0.2) is 0 Å². The molecule has 1 amide bonds. The number of carbonyl (C=O) groups is 1. The molecule has 0 spiro atoms. The minimum absolute atomic E-state index is 0.0344. The van der Waals surface area contributed by atoms with Gasteiger partial charge in [-0.15, -0.1) is 4.40 Å². The number of methoxy groups -OCH3 is 2. The van der Waals surface area contributed by atoms with Gasteiger partial charge in [-0.2, -0.15) is 8.42 Å². The summed E-state index contributed by atoms with van der Waals surface area (Å²) in [5.74, 6) is 0.401. The topological polar surface area (TPSA) is 107 Å². The van der Waals surface area contributed by atoms with Crippen LogP contribution in [0.4, 0.5) is 0 Å². The van der Waals surface area contributed by atoms with Gasteiger partial charge in [0.1, 0.15) is 17.2 Å². The first-order valence-electron chi connectivity index (χ1n) is 8.78. The maximum Gasteiger partial charge on any atom is 0.345 e. The van der Waals surface area contributed by atoms with Crippen LogP contribution in [0.5, 0.6) is 11.5 Å². The minimum atomic E-state index is -4.07. The molecule has 0 bridgehead atoms. The van der Waals surface area contributed by atoms with Crippen molar-refractivity contribution in [2.75, 3.05) is 34.4 Å². The second kappa shape index (κ2) is 8.19. The zero-order valence-electron chi connectivity index (χ0n) is 16.0. The SMILES string of the molecule is COc1ccc(OC)c(C2=NS(=O)(=O)N(C)C(C(=O)NC[C@@H]3CCCO3)=C2)c1. The van der Waals surface area contributed by atoms with Gasteiger partial charge in [-0.05, 0) is 37.1 Å². The molecule has 0 unspecified atom stereocenters. The van der Waals surface area contributed by atoms with E-state index in [9.17, 15) is 13.2 Å². The molecule has 28 heavy (non-hydrogen) atoms. The third-order valence-electron chi connectivity index (χ3n) is 4.60. The normalized spacial score (nSPS) is 21.0. The number of allylic oxidation sites excluding steroid dienone is 1. The highest BCUT2D eigenvalue weighted by atomic mass is 32.2. The summed E-state index contributed by atoms with van der Waals surface area (Å²) in [5, 5.41) is 2.74. The van der Waals surface area contributed by atoms with E-state index in [1.807, 2.05) is 0 Å². The predicted molar refractivity (Wildman–Crippen MR) is 103 cm³/mol. The summed E-state index contributed by atoms with van der Waals surface area (Å²) < 4.78 is 45.7. The number of likely N-dealkylation sites (N-methyl/N-ethyl adjacent to an activating group) is 1. The maximum absolute atomic E-state index is 12.7. The van der Waals surface area contributed by atoms with Crippen LogP contribution in [0.25, 0.3) is 0 Å². The van der Waals surface area contributed by atoms with E-state index >= 15 is 0 Å². The minimum Gasteiger partial charge on any atom is -0.497 e. The quantitative estimate of drug-likeness (QED) is 0.747. The first-order chi connectivity index (χ1) is 13.4. The standard InChI is InChI=1S/C18H23N3O6S/c1-21-16(18(22)19-11-13-5-4-8-27-13)10-15(20-28(21,23)24)14-9-12(25-2)6-7-17(14)26-3/h6-7,9-10,13H,4-5,8,11H2,1-3H3,(H,19,22)/t13-/m0/s1. The van der Waals surface area contributed by atoms with Gasteiger partial charge in [-0.3, -0.25) is 4.79 Å². The van der Waals surface area contributed by atoms with E-state index in [1.54, 1.807) is 18.2 Å². The summed E-state index contributed by atoms with van der Waals surface area (Å²) in [7, 11) is 0.182. The fraction of sp³-hybridized carbons (Fsp3) is 0.444. The number of nitrogens with one attached hydrogen (secondary N) is 1. The van der Waals surface area contributed by atoms with Gasteiger partial charge in [-0.1, -0.05) is 0 Å². The van der Waals surface area contributed by atoms with Crippen molar-refractivity contribution in [1.29, 1.82) is 0 Å². The van der Waals surface area contributed by atoms with E-state index in [4.69, 9.17) is 14.2 Å². The van der Waals surface area contributed by atoms with E-state index in [0.29, 0.717) is 30.2 Å². The summed E-state index contributed by atoms with van der Waals surface area (Å²) in [6.45, 7) is 0.989. The van der Waals surface area contributed by atoms with Crippen molar-refractivity contribution in [3.05, 3.63) is 35.5 Å². The molecular formula is C18H23N3O6S. The first kappa shape index (κ1) is 20.2. The van der Waals surface area contributed by atoms with Crippen molar-refractivity contribution in [1.82, 2.24) is 9.62 Å². The number of carbonyl (C=O) groups excluding carboxylic acids is 1. The second-order valence-corrected chi connectivity index (χ2v) is 7.99. The van der Waals surface area contributed by atoms with Crippen LogP contribution in [-0.4, -0.2) is 64.9 Å². The lowest BCUT2D eigenvalue weighted by atomic mass is 10.1. The zero-order chi connectivity index (χ0) is 20.3. The Morgan fingerprint density at radius 1 is 1.36 bits per heavy atom. The number of amides is 1. The molecule has 152 valence electrons. The Morgan fingerprint density at radius 2 is 2.14 bits per heavy atom. The Kier molecular flexibility index (Phi) is 5.90. The highest BCUT2D eigenvalue weighted by molar-refractivity contribution is 7.88. The molecule has 0 radical (unpaired) electrons. The van der Waals surface area contributed by atoms with Gasteiger partial charge in [0, 0.05) is 25.8 Å². The number of nitrogens with zero attached hydrogens (tertiary/aromatic N) is 2. The van der Waals surface area contributed by atoms with E-state index in [1.165, 1.54) is 27.3 Å². The molecule has 0 saturated carbocycles. The molecule has 1 fully saturated rings. The van der Waals surface area contributed by atoms with E-state index in [-0.39, 0.29) is 17.5 Å². The van der Waals surface area contributed by atoms with E-state index in [0.717, 1.165) is 17.1 Å². The molecule has 10 heteroatoms. The molecule has 2 aliphatic heterocycles. The first-order valence-corrected chi connectivity index (χ1v) is 10.2. The maximum atomic E-state index is 12.7. The lowest BCUT2D eigenvalue weighted by Crippen LogP contribution is -2.40. The van der Waals surface area contributed by atoms with E-state index < -0.39 is 16.1 Å². The van der Waals surface area contributed by atoms with Crippen LogP contribution in [0.3, 0.4) is 0 Å². The fourth-order valence-electron chi connectivity index (χ4n) is 3.01. The van der Waals surface area contributed by atoms with Crippen LogP contribution in [-0.2, 0) is 19.7 Å². The summed E-state index contributed by atoms with van der Waals surface area (Å²) in [6, 6.07) is 4.94. The molecular weight excluding hydrogens is 386 g/mol. The monoisotopic (exact) mass is 409 g/mol. The number of hydrogen-bond acceptors (Lipinski definition) is 6. The average Bonchev–Trinajstić information content (AvgIpc) is 3.21. The Labute approximate surface area is 164 Å². The Bertz CT molecular complexity index is 919. The van der Waals surface area contributed by atoms with Crippen molar-refractivity contribution in [3.8, 4) is 11.5 Å². The summed E-state index contributed by atoms with van der Waals surface area (Å²) in [5.41, 5.74) is 0.465. The number of rotatable bonds is 6. The number of benzene rings is 1. The zero-order valence-corrected chi connectivity index (χ0v) is 16.8. The molecule has 0 aromatic heterocycles. The predicted octanol–water partition coefficient (Wildman–Crippen LogP) is 0.862. The lowest BCUT2D eigenvalue weighted by molar-refractivity contribution is -0.118. The lowest BCUT2D eigenvalue weighted by Gasteiger charge is -2.24. The third kappa shape index (κ3) is 4.12. The molecule has 9 nitrogen and oxygen atoms in total. The summed E-state index contributed by atoms with van der Waals surface area (Å²) in [4.78, 5) is 12.7. The third-order valence-corrected chi connectivity index (χ3v) is 5.92. The molecule has 2 aliphatic rings. The van der Waals surface area contributed by atoms with Crippen LogP contribution in [0.15, 0.2) is 34.4 Å². The smallest absolute Gasteiger partial charge is 0.345 e. The van der Waals surface area contributed by atoms with Gasteiger partial charge in [0.05, 0.1) is 26.0 Å². The van der Waals surface area contributed by atoms with Crippen molar-refractivity contribution < 1.29 is 27.4 Å². The van der Waals surface area contributed by atoms with Crippen molar-refractivity contribution in [2.45, 2.75) is 18.9 Å². The van der Waals surface area contributed by atoms with Crippen molar-refractivity contribution in [2.24, 2.45) is 4.40 Å². The highest BCUT2D eigenvalue weighted by Gasteiger charge is 2.31. The largest absolute Gasteiger partial charge is 0.497 e. The molecule has 1 aromatic carbocycles. The Hall–Kier alpha value is -2.59. The number of ether oxygens (including phenoxy) is 3. The molecule has 1 saturated heterocycles. The molecule has 1 N–H and O–H groups in total. The van der Waals surface area contributed by atoms with Crippen molar-refractivity contribution in [3.63, 3.8) is 0 Å². The van der Waals surface area contributed by atoms with Crippen LogP contribution < -0.4 is 14.8 Å². The molecule has 2 heterocycles. The van der Waals surface area contributed by atoms with Crippen molar-refractivity contribution >= 4 is 21.8 Å². The van der Waals surface area contributed by atoms with Crippen LogP contribution in [0.2, 0.25) is 0 Å². The summed E-state index contributed by atoms with van der Waals surface area (Å²) >= 11 is 0. The fourth-order valence-corrected chi connectivity index (χ4v) is 3.91. The van der Waals surface area contributed by atoms with Crippen LogP contribution >= 0.6 is 0 Å². The number of hydrogen-bond donors (Lipinski definition) is 1. The summed E-state index contributed by atoms with van der Waals surface area (Å²) in [6.07, 6.45) is 3.18. The average molecular weight is 409 g/mol. The molecule has 0 aliphatic carbocycles. The Balaban J connectivity index is 1.94. The van der Waals surface area contributed by atoms with Gasteiger partial charge in [-0.25, -0.2) is 4.31 Å². The van der Waals surface area contributed by atoms with Gasteiger partial charge in [0.2, 0.25) is 0 Å². The van der Waals surface area contributed by atoms with Crippen LogP contribution in [0, 0.1) is 0 Å².